The zero-order valence-corrected chi connectivity index (χ0v) is 16.5. The molecule has 0 bridgehead atoms. The number of fused-ring (bicyclic) bond motifs is 1. The van der Waals surface area contributed by atoms with Crippen molar-refractivity contribution < 1.29 is 14.2 Å². The van der Waals surface area contributed by atoms with Gasteiger partial charge in [-0.05, 0) is 42.9 Å². The fourth-order valence-electron chi connectivity index (χ4n) is 3.74. The minimum Gasteiger partial charge on any atom is -0.497 e. The minimum absolute atomic E-state index is 0.500. The van der Waals surface area contributed by atoms with E-state index in [4.69, 9.17) is 14.2 Å². The van der Waals surface area contributed by atoms with E-state index < -0.39 is 0 Å². The van der Waals surface area contributed by atoms with Gasteiger partial charge >= 0.3 is 0 Å². The lowest BCUT2D eigenvalue weighted by Gasteiger charge is -2.18. The van der Waals surface area contributed by atoms with Gasteiger partial charge in [0.25, 0.3) is 0 Å². The predicted octanol–water partition coefficient (Wildman–Crippen LogP) is 3.66. The number of rotatable bonds is 8. The molecule has 0 heterocycles. The third kappa shape index (κ3) is 5.07. The normalized spacial score (nSPS) is 16.2. The summed E-state index contributed by atoms with van der Waals surface area (Å²) < 4.78 is 16.2. The van der Waals surface area contributed by atoms with E-state index in [9.17, 15) is 0 Å². The van der Waals surface area contributed by atoms with E-state index in [0.717, 1.165) is 48.9 Å². The van der Waals surface area contributed by atoms with Gasteiger partial charge in [-0.2, -0.15) is 0 Å². The van der Waals surface area contributed by atoms with Crippen molar-refractivity contribution in [2.75, 3.05) is 39.7 Å². The topological polar surface area (TPSA) is 51.8 Å². The van der Waals surface area contributed by atoms with Crippen LogP contribution in [0.25, 0.3) is 0 Å². The molecule has 27 heavy (non-hydrogen) atoms. The molecule has 0 saturated heterocycles. The highest BCUT2D eigenvalue weighted by atomic mass is 16.5. The Hall–Kier alpha value is -2.40. The summed E-state index contributed by atoms with van der Waals surface area (Å²) in [6.07, 6.45) is 4.52. The quantitative estimate of drug-likeness (QED) is 0.549. The van der Waals surface area contributed by atoms with E-state index in [-0.39, 0.29) is 0 Å². The van der Waals surface area contributed by atoms with E-state index >= 15 is 0 Å². The van der Waals surface area contributed by atoms with E-state index in [1.807, 2.05) is 18.2 Å². The van der Waals surface area contributed by atoms with Gasteiger partial charge < -0.3 is 24.8 Å². The highest BCUT2D eigenvalue weighted by Gasteiger charge is 2.18. The first kappa shape index (κ1) is 19.4. The molecule has 0 aliphatic heterocycles. The summed E-state index contributed by atoms with van der Waals surface area (Å²) in [5.74, 6) is 2.61. The molecule has 146 valence electrons. The fraction of sp³-hybridized carbons (Fsp3) is 0.455. The van der Waals surface area contributed by atoms with Gasteiger partial charge in [-0.15, -0.1) is 0 Å². The molecule has 3 rings (SSSR count). The lowest BCUT2D eigenvalue weighted by Crippen LogP contribution is -2.34. The Morgan fingerprint density at radius 2 is 1.74 bits per heavy atom. The van der Waals surface area contributed by atoms with Crippen molar-refractivity contribution in [3.05, 3.63) is 47.5 Å². The first-order valence-corrected chi connectivity index (χ1v) is 9.58. The molecular weight excluding hydrogens is 340 g/mol. The van der Waals surface area contributed by atoms with Gasteiger partial charge in [0.15, 0.2) is 0 Å². The average Bonchev–Trinajstić information content (AvgIpc) is 2.92. The van der Waals surface area contributed by atoms with E-state index in [1.165, 1.54) is 24.0 Å². The Morgan fingerprint density at radius 1 is 0.963 bits per heavy atom. The van der Waals surface area contributed by atoms with Gasteiger partial charge in [-0.3, -0.25) is 0 Å². The van der Waals surface area contributed by atoms with Crippen LogP contribution in [0.4, 0.5) is 5.69 Å². The first-order valence-electron chi connectivity index (χ1n) is 9.58. The maximum absolute atomic E-state index is 5.54. The van der Waals surface area contributed by atoms with Crippen LogP contribution in [0.3, 0.4) is 0 Å². The maximum atomic E-state index is 5.54. The predicted molar refractivity (Wildman–Crippen MR) is 109 cm³/mol. The van der Waals surface area contributed by atoms with Gasteiger partial charge in [-0.1, -0.05) is 12.1 Å². The second kappa shape index (κ2) is 9.51. The van der Waals surface area contributed by atoms with Crippen molar-refractivity contribution in [2.24, 2.45) is 0 Å². The molecule has 1 atom stereocenters. The largest absolute Gasteiger partial charge is 0.497 e. The Morgan fingerprint density at radius 3 is 2.44 bits per heavy atom. The Balaban J connectivity index is 1.52. The number of methoxy groups -OCH3 is 3. The summed E-state index contributed by atoms with van der Waals surface area (Å²) in [5.41, 5.74) is 3.80. The molecule has 0 spiro atoms. The lowest BCUT2D eigenvalue weighted by molar-refractivity contribution is 0.394. The standard InChI is InChI=1S/C22H30N2O3/c1-25-19-13-18(14-20(15-19)26-2)24-11-10-23-17-7-5-8-21-16(12-17)6-4-9-22(21)27-3/h4,6,9,13-15,17,23-24H,5,7-8,10-12H2,1-3H3. The van der Waals surface area contributed by atoms with E-state index in [2.05, 4.69) is 28.8 Å². The number of hydrogen-bond acceptors (Lipinski definition) is 5. The van der Waals surface area contributed by atoms with Crippen LogP contribution in [0.2, 0.25) is 0 Å². The second-order valence-corrected chi connectivity index (χ2v) is 6.87. The Kier molecular flexibility index (Phi) is 6.82. The van der Waals surface area contributed by atoms with Crippen molar-refractivity contribution in [1.29, 1.82) is 0 Å². The van der Waals surface area contributed by atoms with Gasteiger partial charge in [0.1, 0.15) is 17.2 Å². The third-order valence-electron chi connectivity index (χ3n) is 5.13. The number of hydrogen-bond donors (Lipinski definition) is 2. The summed E-state index contributed by atoms with van der Waals surface area (Å²) in [5, 5.41) is 7.15. The number of nitrogens with one attached hydrogen (secondary N) is 2. The molecular formula is C22H30N2O3. The summed E-state index contributed by atoms with van der Waals surface area (Å²) in [7, 11) is 5.09. The lowest BCUT2D eigenvalue weighted by atomic mass is 10.0. The van der Waals surface area contributed by atoms with Gasteiger partial charge in [0.05, 0.1) is 21.3 Å². The van der Waals surface area contributed by atoms with Crippen LogP contribution >= 0.6 is 0 Å². The summed E-state index contributed by atoms with van der Waals surface area (Å²) in [6.45, 7) is 1.75. The molecule has 2 N–H and O–H groups in total. The molecule has 0 aromatic heterocycles. The second-order valence-electron chi connectivity index (χ2n) is 6.87. The summed E-state index contributed by atoms with van der Waals surface area (Å²) in [4.78, 5) is 0. The minimum atomic E-state index is 0.500. The molecule has 1 unspecified atom stereocenters. The van der Waals surface area contributed by atoms with Crippen LogP contribution in [0.1, 0.15) is 24.0 Å². The van der Waals surface area contributed by atoms with Gasteiger partial charge in [0, 0.05) is 43.0 Å². The van der Waals surface area contributed by atoms with Crippen LogP contribution in [-0.4, -0.2) is 40.5 Å². The maximum Gasteiger partial charge on any atom is 0.124 e. The van der Waals surface area contributed by atoms with Crippen molar-refractivity contribution in [2.45, 2.75) is 31.7 Å². The van der Waals surface area contributed by atoms with E-state index in [0.29, 0.717) is 6.04 Å². The van der Waals surface area contributed by atoms with Crippen LogP contribution in [0, 0.1) is 0 Å². The number of anilines is 1. The highest BCUT2D eigenvalue weighted by Crippen LogP contribution is 2.29. The van der Waals surface area contributed by atoms with Crippen LogP contribution in [0.15, 0.2) is 36.4 Å². The molecule has 1 aliphatic rings. The number of ether oxygens (including phenoxy) is 3. The monoisotopic (exact) mass is 370 g/mol. The summed E-state index contributed by atoms with van der Waals surface area (Å²) in [6, 6.07) is 12.7. The molecule has 0 saturated carbocycles. The molecule has 5 heteroatoms. The molecule has 2 aromatic rings. The SMILES string of the molecule is COc1cc(NCCNC2CCCc3c(cccc3OC)C2)cc(OC)c1. The van der Waals surface area contributed by atoms with E-state index in [1.54, 1.807) is 21.3 Å². The zero-order chi connectivity index (χ0) is 19.1. The average molecular weight is 370 g/mol. The van der Waals surface area contributed by atoms with Gasteiger partial charge in [-0.25, -0.2) is 0 Å². The number of benzene rings is 2. The van der Waals surface area contributed by atoms with Crippen LogP contribution < -0.4 is 24.8 Å². The fourth-order valence-corrected chi connectivity index (χ4v) is 3.74. The van der Waals surface area contributed by atoms with Crippen LogP contribution in [0.5, 0.6) is 17.2 Å². The van der Waals surface area contributed by atoms with Crippen LogP contribution in [-0.2, 0) is 12.8 Å². The molecule has 2 aromatic carbocycles. The zero-order valence-electron chi connectivity index (χ0n) is 16.5. The van der Waals surface area contributed by atoms with Crippen molar-refractivity contribution >= 4 is 5.69 Å². The first-order chi connectivity index (χ1) is 13.2. The van der Waals surface area contributed by atoms with Crippen molar-refractivity contribution in [3.8, 4) is 17.2 Å². The summed E-state index contributed by atoms with van der Waals surface area (Å²) >= 11 is 0. The highest BCUT2D eigenvalue weighted by molar-refractivity contribution is 5.53. The van der Waals surface area contributed by atoms with Gasteiger partial charge in [0.2, 0.25) is 0 Å². The molecule has 5 nitrogen and oxygen atoms in total. The van der Waals surface area contributed by atoms with Crippen molar-refractivity contribution in [1.82, 2.24) is 5.32 Å². The molecule has 0 radical (unpaired) electrons. The Bertz CT molecular complexity index is 726. The Labute approximate surface area is 162 Å². The third-order valence-corrected chi connectivity index (χ3v) is 5.13. The van der Waals surface area contributed by atoms with Crippen molar-refractivity contribution in [3.63, 3.8) is 0 Å². The molecule has 0 fully saturated rings. The molecule has 0 amide bonds. The molecule has 1 aliphatic carbocycles. The smallest absolute Gasteiger partial charge is 0.124 e.